The normalized spacial score (nSPS) is 10.9. The fraction of sp³-hybridized carbons (Fsp3) is 0.538. The third kappa shape index (κ3) is 9.33. The summed E-state index contributed by atoms with van der Waals surface area (Å²) in [5.74, 6) is 0.0112. The highest BCUT2D eigenvalue weighted by Crippen LogP contribution is 2.15. The second-order valence-corrected chi connectivity index (χ2v) is 9.25. The summed E-state index contributed by atoms with van der Waals surface area (Å²) >= 11 is 3.48. The highest BCUT2D eigenvalue weighted by Gasteiger charge is 2.21. The number of hydrogen-bond acceptors (Lipinski definition) is 3. The number of rotatable bonds is 15. The highest BCUT2D eigenvalue weighted by molar-refractivity contribution is 9.10. The van der Waals surface area contributed by atoms with E-state index in [2.05, 4.69) is 58.7 Å². The van der Waals surface area contributed by atoms with E-state index in [1.807, 2.05) is 23.1 Å². The SMILES string of the molecule is CCCCC(=O)N(CCOC)CC(=O)N(CCCC)Cc1cccn1Cc1ccc(Br)cc1. The minimum atomic E-state index is -0.0132. The lowest BCUT2D eigenvalue weighted by molar-refractivity contribution is -0.141. The van der Waals surface area contributed by atoms with Gasteiger partial charge in [-0.25, -0.2) is 0 Å². The maximum absolute atomic E-state index is 13.3. The summed E-state index contributed by atoms with van der Waals surface area (Å²) in [6, 6.07) is 12.4. The van der Waals surface area contributed by atoms with Crippen LogP contribution >= 0.6 is 15.9 Å². The van der Waals surface area contributed by atoms with E-state index in [0.29, 0.717) is 32.7 Å². The van der Waals surface area contributed by atoms with Crippen LogP contribution in [0, 0.1) is 0 Å². The van der Waals surface area contributed by atoms with Gasteiger partial charge in [0.2, 0.25) is 11.8 Å². The Labute approximate surface area is 207 Å². The van der Waals surface area contributed by atoms with Crippen LogP contribution in [0.15, 0.2) is 47.1 Å². The van der Waals surface area contributed by atoms with E-state index >= 15 is 0 Å². The van der Waals surface area contributed by atoms with Crippen molar-refractivity contribution in [1.29, 1.82) is 0 Å². The molecule has 2 amide bonds. The molecule has 6 nitrogen and oxygen atoms in total. The number of unbranched alkanes of at least 4 members (excludes halogenated alkanes) is 2. The number of amides is 2. The van der Waals surface area contributed by atoms with Crippen LogP contribution in [0.5, 0.6) is 0 Å². The molecule has 33 heavy (non-hydrogen) atoms. The van der Waals surface area contributed by atoms with Crippen LogP contribution in [-0.4, -0.2) is 59.5 Å². The zero-order valence-electron chi connectivity index (χ0n) is 20.3. The first-order chi connectivity index (χ1) is 16.0. The van der Waals surface area contributed by atoms with E-state index in [-0.39, 0.29) is 18.4 Å². The molecule has 0 radical (unpaired) electrons. The monoisotopic (exact) mass is 519 g/mol. The topological polar surface area (TPSA) is 54.8 Å². The van der Waals surface area contributed by atoms with Crippen LogP contribution in [0.1, 0.15) is 57.2 Å². The molecule has 7 heteroatoms. The Balaban J connectivity index is 2.11. The molecular formula is C26H38BrN3O3. The van der Waals surface area contributed by atoms with E-state index in [1.54, 1.807) is 12.0 Å². The van der Waals surface area contributed by atoms with Gasteiger partial charge in [-0.3, -0.25) is 9.59 Å². The molecule has 0 saturated carbocycles. The molecular weight excluding hydrogens is 482 g/mol. The summed E-state index contributed by atoms with van der Waals surface area (Å²) in [7, 11) is 1.61. The fourth-order valence-electron chi connectivity index (χ4n) is 3.61. The molecule has 0 unspecified atom stereocenters. The van der Waals surface area contributed by atoms with Crippen molar-refractivity contribution in [1.82, 2.24) is 14.4 Å². The first-order valence-corrected chi connectivity index (χ1v) is 12.7. The van der Waals surface area contributed by atoms with Crippen LogP contribution in [0.3, 0.4) is 0 Å². The van der Waals surface area contributed by atoms with Crippen LogP contribution in [-0.2, 0) is 27.4 Å². The molecule has 1 aromatic heterocycles. The van der Waals surface area contributed by atoms with Gasteiger partial charge >= 0.3 is 0 Å². The van der Waals surface area contributed by atoms with Gasteiger partial charge in [-0.1, -0.05) is 54.8 Å². The summed E-state index contributed by atoms with van der Waals surface area (Å²) in [6.07, 6.45) is 6.25. The average molecular weight is 521 g/mol. The minimum absolute atomic E-state index is 0.0132. The second-order valence-electron chi connectivity index (χ2n) is 8.33. The number of halogens is 1. The molecule has 0 N–H and O–H groups in total. The lowest BCUT2D eigenvalue weighted by Crippen LogP contribution is -2.44. The molecule has 2 rings (SSSR count). The fourth-order valence-corrected chi connectivity index (χ4v) is 3.88. The van der Waals surface area contributed by atoms with Crippen molar-refractivity contribution >= 4 is 27.7 Å². The Morgan fingerprint density at radius 2 is 1.70 bits per heavy atom. The van der Waals surface area contributed by atoms with Gasteiger partial charge in [0.1, 0.15) is 0 Å². The van der Waals surface area contributed by atoms with Gasteiger partial charge in [0.05, 0.1) is 19.7 Å². The number of nitrogens with zero attached hydrogens (tertiary/aromatic N) is 3. The van der Waals surface area contributed by atoms with Crippen molar-refractivity contribution in [2.45, 2.75) is 59.0 Å². The summed E-state index contributed by atoms with van der Waals surface area (Å²) in [5, 5.41) is 0. The zero-order valence-corrected chi connectivity index (χ0v) is 21.8. The maximum Gasteiger partial charge on any atom is 0.242 e. The maximum atomic E-state index is 13.3. The lowest BCUT2D eigenvalue weighted by Gasteiger charge is -2.28. The van der Waals surface area contributed by atoms with Crippen LogP contribution in [0.25, 0.3) is 0 Å². The summed E-state index contributed by atoms with van der Waals surface area (Å²) < 4.78 is 8.42. The second kappa shape index (κ2) is 14.9. The molecule has 182 valence electrons. The molecule has 0 aliphatic carbocycles. The van der Waals surface area contributed by atoms with Crippen molar-refractivity contribution in [3.63, 3.8) is 0 Å². The molecule has 0 aliphatic rings. The molecule has 0 spiro atoms. The molecule has 0 fully saturated rings. The van der Waals surface area contributed by atoms with Crippen molar-refractivity contribution < 1.29 is 14.3 Å². The third-order valence-corrected chi connectivity index (χ3v) is 6.19. The van der Waals surface area contributed by atoms with Crippen molar-refractivity contribution in [3.8, 4) is 0 Å². The summed E-state index contributed by atoms with van der Waals surface area (Å²) in [6.45, 7) is 7.11. The van der Waals surface area contributed by atoms with Crippen molar-refractivity contribution in [2.24, 2.45) is 0 Å². The first kappa shape index (κ1) is 27.1. The van der Waals surface area contributed by atoms with E-state index < -0.39 is 0 Å². The Hall–Kier alpha value is -2.12. The van der Waals surface area contributed by atoms with Crippen LogP contribution in [0.4, 0.5) is 0 Å². The van der Waals surface area contributed by atoms with Crippen molar-refractivity contribution in [2.75, 3.05) is 33.4 Å². The average Bonchev–Trinajstić information content (AvgIpc) is 3.25. The van der Waals surface area contributed by atoms with Gasteiger partial charge in [0.15, 0.2) is 0 Å². The predicted molar refractivity (Wildman–Crippen MR) is 136 cm³/mol. The Kier molecular flexibility index (Phi) is 12.3. The van der Waals surface area contributed by atoms with Gasteiger partial charge < -0.3 is 19.1 Å². The van der Waals surface area contributed by atoms with Gasteiger partial charge in [-0.15, -0.1) is 0 Å². The standard InChI is InChI=1S/C26H38BrN3O3/c1-4-6-10-25(31)30(17-18-33-3)21-26(32)29(15-7-5-2)20-24-9-8-16-28(24)19-22-11-13-23(27)14-12-22/h8-9,11-14,16H,4-7,10,15,17-21H2,1-3H3. The van der Waals surface area contributed by atoms with Gasteiger partial charge in [0, 0.05) is 49.5 Å². The third-order valence-electron chi connectivity index (χ3n) is 5.67. The van der Waals surface area contributed by atoms with Gasteiger partial charge in [-0.2, -0.15) is 0 Å². The Morgan fingerprint density at radius 3 is 2.36 bits per heavy atom. The molecule has 2 aromatic rings. The smallest absolute Gasteiger partial charge is 0.242 e. The number of hydrogen-bond donors (Lipinski definition) is 0. The van der Waals surface area contributed by atoms with E-state index in [0.717, 1.165) is 42.4 Å². The molecule has 0 atom stereocenters. The zero-order chi connectivity index (χ0) is 24.1. The molecule has 0 bridgehead atoms. The van der Waals surface area contributed by atoms with E-state index in [4.69, 9.17) is 4.74 Å². The molecule has 1 heterocycles. The molecule has 0 saturated heterocycles. The van der Waals surface area contributed by atoms with Crippen LogP contribution < -0.4 is 0 Å². The number of ether oxygens (including phenoxy) is 1. The lowest BCUT2D eigenvalue weighted by atomic mass is 10.2. The molecule has 0 aliphatic heterocycles. The Morgan fingerprint density at radius 1 is 0.970 bits per heavy atom. The quantitative estimate of drug-likeness (QED) is 0.329. The Bertz CT molecular complexity index is 851. The van der Waals surface area contributed by atoms with Gasteiger partial charge in [-0.05, 0) is 42.7 Å². The van der Waals surface area contributed by atoms with E-state index in [1.165, 1.54) is 5.56 Å². The first-order valence-electron chi connectivity index (χ1n) is 11.9. The predicted octanol–water partition coefficient (Wildman–Crippen LogP) is 5.09. The van der Waals surface area contributed by atoms with Crippen molar-refractivity contribution in [3.05, 3.63) is 58.3 Å². The number of benzene rings is 1. The largest absolute Gasteiger partial charge is 0.383 e. The number of aromatic nitrogens is 1. The highest BCUT2D eigenvalue weighted by atomic mass is 79.9. The number of carbonyl (C=O) groups excluding carboxylic acids is 2. The van der Waals surface area contributed by atoms with E-state index in [9.17, 15) is 9.59 Å². The summed E-state index contributed by atoms with van der Waals surface area (Å²) in [5.41, 5.74) is 2.29. The van der Waals surface area contributed by atoms with Crippen LogP contribution in [0.2, 0.25) is 0 Å². The minimum Gasteiger partial charge on any atom is -0.383 e. The number of carbonyl (C=O) groups is 2. The molecule has 1 aromatic carbocycles. The summed E-state index contributed by atoms with van der Waals surface area (Å²) in [4.78, 5) is 29.5. The number of methoxy groups -OCH3 is 1. The van der Waals surface area contributed by atoms with Gasteiger partial charge in [0.25, 0.3) is 0 Å².